The second-order valence-corrected chi connectivity index (χ2v) is 6.49. The summed E-state index contributed by atoms with van der Waals surface area (Å²) in [6.07, 6.45) is 11.1. The van der Waals surface area contributed by atoms with Crippen LogP contribution in [0.1, 0.15) is 72.1 Å². The van der Waals surface area contributed by atoms with Gasteiger partial charge in [-0.05, 0) is 52.2 Å². The standard InChI is InChI=1S/C17H36N2/c1-6-17(7-2,19(4)5)16(18-8-3)15-13-11-9-10-12-14-15/h15-16,18H,6-14H2,1-5H3. The Bertz CT molecular complexity index is 225. The molecule has 2 heteroatoms. The highest BCUT2D eigenvalue weighted by atomic mass is 15.2. The van der Waals surface area contributed by atoms with Gasteiger partial charge >= 0.3 is 0 Å². The molecule has 1 aliphatic rings. The van der Waals surface area contributed by atoms with Gasteiger partial charge in [-0.1, -0.05) is 46.5 Å². The van der Waals surface area contributed by atoms with E-state index in [9.17, 15) is 0 Å². The van der Waals surface area contributed by atoms with Crippen molar-refractivity contribution >= 4 is 0 Å². The molecular weight excluding hydrogens is 232 g/mol. The SMILES string of the molecule is CCNC(C1CCCCCC1)C(CC)(CC)N(C)C. The Labute approximate surface area is 121 Å². The molecule has 0 aromatic heterocycles. The van der Waals surface area contributed by atoms with Crippen LogP contribution in [0, 0.1) is 5.92 Å². The second kappa shape index (κ2) is 8.26. The van der Waals surface area contributed by atoms with Gasteiger partial charge < -0.3 is 10.2 Å². The van der Waals surface area contributed by atoms with Gasteiger partial charge in [0.2, 0.25) is 0 Å². The zero-order chi connectivity index (χ0) is 14.3. The Kier molecular flexibility index (Phi) is 7.38. The lowest BCUT2D eigenvalue weighted by Gasteiger charge is -2.48. The van der Waals surface area contributed by atoms with E-state index in [1.807, 2.05) is 0 Å². The lowest BCUT2D eigenvalue weighted by molar-refractivity contribution is 0.0555. The lowest BCUT2D eigenvalue weighted by atomic mass is 9.74. The molecule has 1 rings (SSSR count). The van der Waals surface area contributed by atoms with Gasteiger partial charge in [-0.3, -0.25) is 0 Å². The van der Waals surface area contributed by atoms with Crippen molar-refractivity contribution in [1.29, 1.82) is 0 Å². The van der Waals surface area contributed by atoms with Crippen LogP contribution < -0.4 is 5.32 Å². The van der Waals surface area contributed by atoms with Gasteiger partial charge in [0, 0.05) is 11.6 Å². The molecule has 2 nitrogen and oxygen atoms in total. The van der Waals surface area contributed by atoms with E-state index in [2.05, 4.69) is 45.1 Å². The summed E-state index contributed by atoms with van der Waals surface area (Å²) in [4.78, 5) is 2.49. The van der Waals surface area contributed by atoms with E-state index in [4.69, 9.17) is 0 Å². The number of hydrogen-bond donors (Lipinski definition) is 1. The molecule has 0 bridgehead atoms. The quantitative estimate of drug-likeness (QED) is 0.701. The number of hydrogen-bond acceptors (Lipinski definition) is 2. The lowest BCUT2D eigenvalue weighted by Crippen LogP contribution is -2.61. The van der Waals surface area contributed by atoms with Crippen LogP contribution in [0.3, 0.4) is 0 Å². The van der Waals surface area contributed by atoms with E-state index >= 15 is 0 Å². The number of likely N-dealkylation sites (N-methyl/N-ethyl adjacent to an activating group) is 2. The molecule has 1 atom stereocenters. The summed E-state index contributed by atoms with van der Waals surface area (Å²) in [5, 5.41) is 3.86. The summed E-state index contributed by atoms with van der Waals surface area (Å²) in [7, 11) is 4.54. The van der Waals surface area contributed by atoms with Crippen LogP contribution >= 0.6 is 0 Å². The molecule has 0 saturated heterocycles. The summed E-state index contributed by atoms with van der Waals surface area (Å²) in [6, 6.07) is 0.653. The molecule has 0 aliphatic heterocycles. The van der Waals surface area contributed by atoms with E-state index in [0.717, 1.165) is 12.5 Å². The monoisotopic (exact) mass is 268 g/mol. The van der Waals surface area contributed by atoms with E-state index in [0.29, 0.717) is 11.6 Å². The molecule has 0 radical (unpaired) electrons. The third-order valence-electron chi connectivity index (χ3n) is 5.49. The Morgan fingerprint density at radius 2 is 1.53 bits per heavy atom. The van der Waals surface area contributed by atoms with Gasteiger partial charge in [0.15, 0.2) is 0 Å². The first kappa shape index (κ1) is 17.0. The minimum absolute atomic E-state index is 0.324. The molecule has 1 N–H and O–H groups in total. The topological polar surface area (TPSA) is 15.3 Å². The first-order valence-electron chi connectivity index (χ1n) is 8.53. The highest BCUT2D eigenvalue weighted by Gasteiger charge is 2.41. The van der Waals surface area contributed by atoms with Crippen molar-refractivity contribution < 1.29 is 0 Å². The molecular formula is C17H36N2. The van der Waals surface area contributed by atoms with Crippen LogP contribution in [0.15, 0.2) is 0 Å². The smallest absolute Gasteiger partial charge is 0.0353 e. The predicted octanol–water partition coefficient (Wildman–Crippen LogP) is 4.06. The maximum Gasteiger partial charge on any atom is 0.0353 e. The van der Waals surface area contributed by atoms with Gasteiger partial charge in [0.25, 0.3) is 0 Å². The molecule has 19 heavy (non-hydrogen) atoms. The van der Waals surface area contributed by atoms with Crippen LogP contribution in [0.5, 0.6) is 0 Å². The van der Waals surface area contributed by atoms with Crippen LogP contribution in [0.25, 0.3) is 0 Å². The first-order valence-corrected chi connectivity index (χ1v) is 8.53. The van der Waals surface area contributed by atoms with Gasteiger partial charge in [0.1, 0.15) is 0 Å². The molecule has 114 valence electrons. The van der Waals surface area contributed by atoms with Gasteiger partial charge in [-0.15, -0.1) is 0 Å². The minimum Gasteiger partial charge on any atom is -0.312 e. The third kappa shape index (κ3) is 3.95. The van der Waals surface area contributed by atoms with Crippen molar-refractivity contribution in [3.63, 3.8) is 0 Å². The fraction of sp³-hybridized carbons (Fsp3) is 1.00. The van der Waals surface area contributed by atoms with Crippen molar-refractivity contribution in [2.24, 2.45) is 5.92 Å². The van der Waals surface area contributed by atoms with Crippen molar-refractivity contribution in [2.45, 2.75) is 83.7 Å². The van der Waals surface area contributed by atoms with E-state index < -0.39 is 0 Å². The fourth-order valence-electron chi connectivity index (χ4n) is 4.26. The highest BCUT2D eigenvalue weighted by molar-refractivity contribution is 5.00. The largest absolute Gasteiger partial charge is 0.312 e. The maximum atomic E-state index is 3.86. The van der Waals surface area contributed by atoms with Crippen molar-refractivity contribution in [2.75, 3.05) is 20.6 Å². The molecule has 1 aliphatic carbocycles. The maximum absolute atomic E-state index is 3.86. The van der Waals surface area contributed by atoms with E-state index in [1.54, 1.807) is 0 Å². The molecule has 0 spiro atoms. The molecule has 1 fully saturated rings. The molecule has 0 aromatic carbocycles. The Hall–Kier alpha value is -0.0800. The van der Waals surface area contributed by atoms with Crippen LogP contribution in [-0.2, 0) is 0 Å². The normalized spacial score (nSPS) is 20.5. The Morgan fingerprint density at radius 3 is 1.89 bits per heavy atom. The number of nitrogens with zero attached hydrogens (tertiary/aromatic N) is 1. The molecule has 0 heterocycles. The van der Waals surface area contributed by atoms with E-state index in [1.165, 1.54) is 51.4 Å². The van der Waals surface area contributed by atoms with E-state index in [-0.39, 0.29) is 0 Å². The summed E-state index contributed by atoms with van der Waals surface area (Å²) in [5.41, 5.74) is 0.324. The summed E-state index contributed by atoms with van der Waals surface area (Å²) in [5.74, 6) is 0.866. The van der Waals surface area contributed by atoms with Crippen molar-refractivity contribution in [3.05, 3.63) is 0 Å². The first-order chi connectivity index (χ1) is 9.12. The number of rotatable bonds is 7. The molecule has 1 saturated carbocycles. The van der Waals surface area contributed by atoms with Crippen LogP contribution in [-0.4, -0.2) is 37.1 Å². The summed E-state index contributed by atoms with van der Waals surface area (Å²) < 4.78 is 0. The number of nitrogens with one attached hydrogen (secondary N) is 1. The average Bonchev–Trinajstić information content (AvgIpc) is 2.68. The van der Waals surface area contributed by atoms with Gasteiger partial charge in [-0.2, -0.15) is 0 Å². The fourth-order valence-corrected chi connectivity index (χ4v) is 4.26. The zero-order valence-corrected chi connectivity index (χ0v) is 14.0. The van der Waals surface area contributed by atoms with Gasteiger partial charge in [0.05, 0.1) is 0 Å². The predicted molar refractivity (Wildman–Crippen MR) is 85.7 cm³/mol. The average molecular weight is 268 g/mol. The van der Waals surface area contributed by atoms with Crippen LogP contribution in [0.2, 0.25) is 0 Å². The second-order valence-electron chi connectivity index (χ2n) is 6.49. The zero-order valence-electron chi connectivity index (χ0n) is 14.0. The summed E-state index contributed by atoms with van der Waals surface area (Å²) in [6.45, 7) is 8.08. The third-order valence-corrected chi connectivity index (χ3v) is 5.49. The Morgan fingerprint density at radius 1 is 1.00 bits per heavy atom. The molecule has 1 unspecified atom stereocenters. The molecule has 0 amide bonds. The highest BCUT2D eigenvalue weighted by Crippen LogP contribution is 2.36. The van der Waals surface area contributed by atoms with Crippen molar-refractivity contribution in [1.82, 2.24) is 10.2 Å². The van der Waals surface area contributed by atoms with Crippen molar-refractivity contribution in [3.8, 4) is 0 Å². The Balaban J connectivity index is 2.94. The molecule has 0 aromatic rings. The summed E-state index contributed by atoms with van der Waals surface area (Å²) >= 11 is 0. The minimum atomic E-state index is 0.324. The van der Waals surface area contributed by atoms with Gasteiger partial charge in [-0.25, -0.2) is 0 Å². The van der Waals surface area contributed by atoms with Crippen LogP contribution in [0.4, 0.5) is 0 Å².